The summed E-state index contributed by atoms with van der Waals surface area (Å²) >= 11 is 0. The van der Waals surface area contributed by atoms with E-state index >= 15 is 0 Å². The van der Waals surface area contributed by atoms with Crippen molar-refractivity contribution in [3.05, 3.63) is 23.8 Å². The highest BCUT2D eigenvalue weighted by Crippen LogP contribution is 2.37. The summed E-state index contributed by atoms with van der Waals surface area (Å²) in [5.41, 5.74) is 4.78. The summed E-state index contributed by atoms with van der Waals surface area (Å²) in [6.07, 6.45) is -0.588. The summed E-state index contributed by atoms with van der Waals surface area (Å²) in [5, 5.41) is 9.59. The zero-order valence-corrected chi connectivity index (χ0v) is 22.4. The van der Waals surface area contributed by atoms with Crippen LogP contribution in [-0.2, 0) is 23.9 Å². The second-order valence-electron chi connectivity index (χ2n) is 10.0. The fourth-order valence-corrected chi connectivity index (χ4v) is 2.96. The maximum atomic E-state index is 12.9. The maximum absolute atomic E-state index is 12.9. The minimum absolute atomic E-state index is 0.0204. The van der Waals surface area contributed by atoms with E-state index in [9.17, 15) is 24.3 Å². The number of benzene rings is 1. The van der Waals surface area contributed by atoms with Crippen LogP contribution in [0.15, 0.2) is 18.2 Å². The number of rotatable bonds is 12. The quantitative estimate of drug-likeness (QED) is 0.306. The molecule has 0 saturated heterocycles. The van der Waals surface area contributed by atoms with Gasteiger partial charge in [0.25, 0.3) is 0 Å². The van der Waals surface area contributed by atoms with E-state index in [4.69, 9.17) is 19.9 Å². The molecule has 0 aromatic heterocycles. The number of methoxy groups -OCH3 is 1. The molecular formula is C26H39NO9. The number of ether oxygens (including phenoxy) is 4. The Balaban J connectivity index is 3.52. The average Bonchev–Trinajstić information content (AvgIpc) is 2.82. The van der Waals surface area contributed by atoms with Gasteiger partial charge in [0, 0.05) is 5.92 Å². The van der Waals surface area contributed by atoms with Crippen molar-refractivity contribution in [2.45, 2.75) is 85.8 Å². The van der Waals surface area contributed by atoms with E-state index in [1.54, 1.807) is 40.7 Å². The van der Waals surface area contributed by atoms with Gasteiger partial charge in [-0.05, 0) is 71.6 Å². The zero-order valence-electron chi connectivity index (χ0n) is 22.4. The van der Waals surface area contributed by atoms with Gasteiger partial charge in [-0.2, -0.15) is 0 Å². The van der Waals surface area contributed by atoms with E-state index in [1.807, 2.05) is 13.8 Å². The maximum Gasteiger partial charge on any atom is 0.508 e. The number of esters is 2. The SMILES string of the molecule is CCC(C)(C)C(=O)Oc1ccc(C(CC(C)OC(=O)OC)[C@H](N)C(=O)O)cc1OC(=O)C(C)(C)CC. The smallest absolute Gasteiger partial charge is 0.480 e. The van der Waals surface area contributed by atoms with E-state index in [1.165, 1.54) is 12.1 Å². The van der Waals surface area contributed by atoms with E-state index in [0.717, 1.165) is 7.11 Å². The Labute approximate surface area is 212 Å². The summed E-state index contributed by atoms with van der Waals surface area (Å²) in [6.45, 7) is 12.2. The van der Waals surface area contributed by atoms with Gasteiger partial charge in [-0.3, -0.25) is 14.4 Å². The first kappa shape index (κ1) is 30.9. The highest BCUT2D eigenvalue weighted by Gasteiger charge is 2.33. The number of carboxylic acids is 1. The minimum atomic E-state index is -1.36. The molecule has 0 heterocycles. The van der Waals surface area contributed by atoms with Gasteiger partial charge >= 0.3 is 24.1 Å². The predicted octanol–water partition coefficient (Wildman–Crippen LogP) is 4.43. The van der Waals surface area contributed by atoms with Crippen LogP contribution in [-0.4, -0.2) is 48.4 Å². The lowest BCUT2D eigenvalue weighted by atomic mass is 9.86. The molecule has 0 aliphatic heterocycles. The Hall–Kier alpha value is -3.14. The largest absolute Gasteiger partial charge is 0.508 e. The molecule has 0 bridgehead atoms. The molecule has 0 spiro atoms. The number of hydrogen-bond donors (Lipinski definition) is 2. The molecule has 3 N–H and O–H groups in total. The predicted molar refractivity (Wildman–Crippen MR) is 132 cm³/mol. The van der Waals surface area contributed by atoms with Gasteiger partial charge in [0.2, 0.25) is 0 Å². The summed E-state index contributed by atoms with van der Waals surface area (Å²) < 4.78 is 20.8. The second kappa shape index (κ2) is 12.7. The average molecular weight is 510 g/mol. The Morgan fingerprint density at radius 1 is 0.944 bits per heavy atom. The fourth-order valence-electron chi connectivity index (χ4n) is 2.96. The lowest BCUT2D eigenvalue weighted by Gasteiger charge is -2.26. The van der Waals surface area contributed by atoms with Crippen molar-refractivity contribution in [3.63, 3.8) is 0 Å². The van der Waals surface area contributed by atoms with Crippen LogP contribution in [0.5, 0.6) is 11.5 Å². The summed E-state index contributed by atoms with van der Waals surface area (Å²) in [7, 11) is 1.16. The highest BCUT2D eigenvalue weighted by atomic mass is 16.7. The molecule has 0 radical (unpaired) electrons. The van der Waals surface area contributed by atoms with Crippen molar-refractivity contribution >= 4 is 24.1 Å². The van der Waals surface area contributed by atoms with E-state index in [2.05, 4.69) is 4.74 Å². The Morgan fingerprint density at radius 3 is 1.89 bits per heavy atom. The molecule has 1 rings (SSSR count). The molecule has 0 aliphatic rings. The molecule has 10 nitrogen and oxygen atoms in total. The molecule has 202 valence electrons. The Morgan fingerprint density at radius 2 is 1.44 bits per heavy atom. The van der Waals surface area contributed by atoms with Crippen molar-refractivity contribution in [2.24, 2.45) is 16.6 Å². The van der Waals surface area contributed by atoms with E-state index in [0.29, 0.717) is 18.4 Å². The minimum Gasteiger partial charge on any atom is -0.480 e. The van der Waals surface area contributed by atoms with Crippen molar-refractivity contribution in [2.75, 3.05) is 7.11 Å². The van der Waals surface area contributed by atoms with Gasteiger partial charge in [-0.25, -0.2) is 4.79 Å². The lowest BCUT2D eigenvalue weighted by Crippen LogP contribution is -2.38. The molecule has 0 fully saturated rings. The van der Waals surface area contributed by atoms with Gasteiger partial charge < -0.3 is 29.8 Å². The molecule has 0 amide bonds. The summed E-state index contributed by atoms with van der Waals surface area (Å²) in [6, 6.07) is 3.05. The summed E-state index contributed by atoms with van der Waals surface area (Å²) in [4.78, 5) is 48.8. The second-order valence-corrected chi connectivity index (χ2v) is 10.0. The molecule has 0 saturated carbocycles. The van der Waals surface area contributed by atoms with Crippen LogP contribution in [0.25, 0.3) is 0 Å². The number of hydrogen-bond acceptors (Lipinski definition) is 9. The summed E-state index contributed by atoms with van der Waals surface area (Å²) in [5.74, 6) is -3.18. The molecule has 2 unspecified atom stereocenters. The van der Waals surface area contributed by atoms with E-state index < -0.39 is 53.0 Å². The number of carboxylic acid groups (broad SMARTS) is 1. The van der Waals surface area contributed by atoms with Crippen molar-refractivity contribution in [1.29, 1.82) is 0 Å². The molecule has 0 aliphatic carbocycles. The molecule has 1 aromatic carbocycles. The Kier molecular flexibility index (Phi) is 10.9. The monoisotopic (exact) mass is 509 g/mol. The van der Waals surface area contributed by atoms with Crippen LogP contribution in [0.3, 0.4) is 0 Å². The van der Waals surface area contributed by atoms with Gasteiger partial charge in [-0.1, -0.05) is 19.9 Å². The van der Waals surface area contributed by atoms with Crippen LogP contribution < -0.4 is 15.2 Å². The molecule has 10 heteroatoms. The van der Waals surface area contributed by atoms with Gasteiger partial charge in [0.05, 0.1) is 17.9 Å². The Bertz CT molecular complexity index is 955. The lowest BCUT2D eigenvalue weighted by molar-refractivity contribution is -0.147. The third-order valence-corrected chi connectivity index (χ3v) is 6.44. The van der Waals surface area contributed by atoms with Crippen LogP contribution in [0.4, 0.5) is 4.79 Å². The van der Waals surface area contributed by atoms with Crippen LogP contribution in [0.1, 0.15) is 79.2 Å². The van der Waals surface area contributed by atoms with E-state index in [-0.39, 0.29) is 17.9 Å². The normalized spacial score (nSPS) is 14.2. The first-order valence-electron chi connectivity index (χ1n) is 11.9. The standard InChI is InChI=1S/C26H39NO9/c1-9-25(4,5)22(30)35-18-12-11-16(14-19(18)36-23(31)26(6,7)10-2)17(20(27)21(28)29)13-15(3)34-24(32)33-8/h11-12,14-15,17,20H,9-10,13,27H2,1-8H3,(H,28,29)/t15?,17?,20-/m0/s1. The first-order valence-corrected chi connectivity index (χ1v) is 11.9. The van der Waals surface area contributed by atoms with Gasteiger partial charge in [-0.15, -0.1) is 0 Å². The highest BCUT2D eigenvalue weighted by molar-refractivity contribution is 5.81. The fraction of sp³-hybridized carbons (Fsp3) is 0.615. The topological polar surface area (TPSA) is 151 Å². The number of carbonyl (C=O) groups excluding carboxylic acids is 3. The van der Waals surface area contributed by atoms with Crippen LogP contribution >= 0.6 is 0 Å². The zero-order chi connectivity index (χ0) is 27.8. The molecule has 36 heavy (non-hydrogen) atoms. The molecular weight excluding hydrogens is 470 g/mol. The van der Waals surface area contributed by atoms with Gasteiger partial charge in [0.15, 0.2) is 11.5 Å². The third-order valence-electron chi connectivity index (χ3n) is 6.44. The van der Waals surface area contributed by atoms with Crippen molar-refractivity contribution < 1.29 is 43.2 Å². The third kappa shape index (κ3) is 8.22. The van der Waals surface area contributed by atoms with Crippen molar-refractivity contribution in [1.82, 2.24) is 0 Å². The first-order chi connectivity index (χ1) is 16.6. The number of aliphatic carboxylic acids is 1. The molecule has 1 aromatic rings. The number of carbonyl (C=O) groups is 4. The molecule has 3 atom stereocenters. The van der Waals surface area contributed by atoms with Gasteiger partial charge in [0.1, 0.15) is 12.1 Å². The van der Waals surface area contributed by atoms with Crippen LogP contribution in [0.2, 0.25) is 0 Å². The van der Waals surface area contributed by atoms with Crippen molar-refractivity contribution in [3.8, 4) is 11.5 Å². The number of nitrogens with two attached hydrogens (primary N) is 1. The van der Waals surface area contributed by atoms with Crippen LogP contribution in [0, 0.1) is 10.8 Å².